The number of ether oxygens (including phenoxy) is 2. The molecule has 376 valence electrons. The number of rotatable bonds is 10. The maximum absolute atomic E-state index is 12.7. The summed E-state index contributed by atoms with van der Waals surface area (Å²) in [5.41, 5.74) is 3.43. The molecule has 7 nitrogen and oxygen atoms in total. The number of ketones is 3. The molecule has 0 aliphatic heterocycles. The number of hydrogen-bond acceptors (Lipinski definition) is 7. The zero-order chi connectivity index (χ0) is 52.5. The molecule has 0 saturated carbocycles. The molecule has 0 heterocycles. The third-order valence-electron chi connectivity index (χ3n) is 9.91. The smallest absolute Gasteiger partial charge is 0.533 e. The van der Waals surface area contributed by atoms with Gasteiger partial charge in [-0.25, -0.2) is 4.39 Å². The summed E-state index contributed by atoms with van der Waals surface area (Å²) in [6.07, 6.45) is 0. The van der Waals surface area contributed by atoms with Gasteiger partial charge in [-0.1, -0.05) is 34.8 Å². The summed E-state index contributed by atoms with van der Waals surface area (Å²) in [6, 6.07) is 78.7. The van der Waals surface area contributed by atoms with Crippen molar-refractivity contribution >= 4 is 52.2 Å². The van der Waals surface area contributed by atoms with E-state index in [1.165, 1.54) is 24.3 Å². The Labute approximate surface area is 484 Å². The number of aromatic hydroxyl groups is 2. The van der Waals surface area contributed by atoms with Gasteiger partial charge in [0.1, 0.15) is 17.3 Å². The SMILES string of the molecule is O=C(c1ccc(Cl)cc1)c1ccc(Oc2cc[c-]cc2)cc1.O=C(c1ccc(Cl)cc1)c1ccc(Oc2cc[c-]cc2)cc1.O=C(c1ccc(F)cc1)c1ccc(Cl)cc1.Oc1cc[c-]cc1.Oc1cc[c-]cc1.[W+2].[W+2]. The van der Waals surface area contributed by atoms with Crippen molar-refractivity contribution in [2.24, 2.45) is 0 Å². The van der Waals surface area contributed by atoms with Gasteiger partial charge in [0, 0.05) is 71.4 Å². The van der Waals surface area contributed by atoms with Crippen molar-refractivity contribution in [1.29, 1.82) is 0 Å². The Hall–Kier alpha value is -7.41. The number of carbonyl (C=O) groups is 3. The van der Waals surface area contributed by atoms with Crippen LogP contribution in [0, 0.1) is 30.1 Å². The molecule has 13 heteroatoms. The zero-order valence-electron chi connectivity index (χ0n) is 39.9. The van der Waals surface area contributed by atoms with E-state index in [2.05, 4.69) is 24.3 Å². The van der Waals surface area contributed by atoms with E-state index in [4.69, 9.17) is 54.5 Å². The molecule has 0 radical (unpaired) electrons. The van der Waals surface area contributed by atoms with E-state index in [1.54, 1.807) is 194 Å². The van der Waals surface area contributed by atoms with Gasteiger partial charge in [-0.05, 0) is 146 Å². The minimum Gasteiger partial charge on any atom is -0.533 e. The molecule has 76 heavy (non-hydrogen) atoms. The summed E-state index contributed by atoms with van der Waals surface area (Å²) in [7, 11) is 0. The minimum atomic E-state index is -0.354. The van der Waals surface area contributed by atoms with Crippen molar-refractivity contribution in [3.63, 3.8) is 0 Å². The maximum Gasteiger partial charge on any atom is 2.00 e. The van der Waals surface area contributed by atoms with Crippen LogP contribution in [0.1, 0.15) is 47.8 Å². The van der Waals surface area contributed by atoms with Crippen LogP contribution < -0.4 is 9.47 Å². The quantitative estimate of drug-likeness (QED) is 0.104. The topological polar surface area (TPSA) is 110 Å². The Bertz CT molecular complexity index is 3050. The summed E-state index contributed by atoms with van der Waals surface area (Å²) in [4.78, 5) is 36.6. The van der Waals surface area contributed by atoms with Gasteiger partial charge in [0.05, 0.1) is 0 Å². The van der Waals surface area contributed by atoms with Gasteiger partial charge in [-0.2, -0.15) is 72.8 Å². The second kappa shape index (κ2) is 32.8. The molecular formula is C63H42Cl3FO7W2. The van der Waals surface area contributed by atoms with Crippen molar-refractivity contribution in [1.82, 2.24) is 0 Å². The first kappa shape index (κ1) is 61.1. The number of benzene rings is 10. The van der Waals surface area contributed by atoms with Gasteiger partial charge < -0.3 is 19.7 Å². The number of phenolic OH excluding ortho intramolecular Hbond substituents is 2. The molecule has 0 aliphatic rings. The molecule has 0 unspecified atom stereocenters. The van der Waals surface area contributed by atoms with Crippen molar-refractivity contribution < 1.29 is 80.6 Å². The summed E-state index contributed by atoms with van der Waals surface area (Å²) >= 11 is 17.4. The molecule has 0 bridgehead atoms. The van der Waals surface area contributed by atoms with Gasteiger partial charge in [-0.3, -0.25) is 14.4 Å². The molecule has 10 aromatic rings. The molecule has 0 amide bonds. The van der Waals surface area contributed by atoms with Gasteiger partial charge in [-0.15, -0.1) is 48.5 Å². The van der Waals surface area contributed by atoms with Crippen LogP contribution >= 0.6 is 34.8 Å². The van der Waals surface area contributed by atoms with Crippen molar-refractivity contribution in [3.8, 4) is 34.5 Å². The van der Waals surface area contributed by atoms with E-state index in [-0.39, 0.29) is 65.3 Å². The first-order chi connectivity index (χ1) is 35.9. The van der Waals surface area contributed by atoms with Crippen LogP contribution in [0.3, 0.4) is 0 Å². The average molecular weight is 1400 g/mol. The van der Waals surface area contributed by atoms with Crippen LogP contribution in [0.2, 0.25) is 15.1 Å². The Morgan fingerprint density at radius 1 is 0.316 bits per heavy atom. The molecule has 0 saturated heterocycles. The average Bonchev–Trinajstić information content (AvgIpc) is 3.43. The van der Waals surface area contributed by atoms with Crippen molar-refractivity contribution in [2.75, 3.05) is 0 Å². The number of carbonyl (C=O) groups excluding carboxylic acids is 3. The first-order valence-corrected chi connectivity index (χ1v) is 23.5. The molecule has 2 N–H and O–H groups in total. The summed E-state index contributed by atoms with van der Waals surface area (Å²) in [6.45, 7) is 0. The van der Waals surface area contributed by atoms with Crippen LogP contribution in [0.25, 0.3) is 0 Å². The van der Waals surface area contributed by atoms with Crippen molar-refractivity contribution in [3.05, 3.63) is 321 Å². The number of hydrogen-bond donors (Lipinski definition) is 2. The molecule has 0 aliphatic carbocycles. The second-order valence-electron chi connectivity index (χ2n) is 15.3. The molecule has 0 aromatic heterocycles. The zero-order valence-corrected chi connectivity index (χ0v) is 48.0. The van der Waals surface area contributed by atoms with Gasteiger partial charge in [0.15, 0.2) is 17.3 Å². The van der Waals surface area contributed by atoms with E-state index in [1.807, 2.05) is 24.3 Å². The van der Waals surface area contributed by atoms with E-state index < -0.39 is 0 Å². The fourth-order valence-corrected chi connectivity index (χ4v) is 6.54. The third-order valence-corrected chi connectivity index (χ3v) is 10.7. The number of phenols is 2. The summed E-state index contributed by atoms with van der Waals surface area (Å²) in [5, 5.41) is 19.0. The molecule has 10 rings (SSSR count). The van der Waals surface area contributed by atoms with Gasteiger partial charge in [0.2, 0.25) is 0 Å². The van der Waals surface area contributed by atoms with Gasteiger partial charge in [0.25, 0.3) is 0 Å². The summed E-state index contributed by atoms with van der Waals surface area (Å²) < 4.78 is 24.0. The largest absolute Gasteiger partial charge is 2.00 e. The fourth-order valence-electron chi connectivity index (χ4n) is 6.16. The Morgan fingerprint density at radius 2 is 0.513 bits per heavy atom. The van der Waals surface area contributed by atoms with Crippen LogP contribution in [-0.4, -0.2) is 27.6 Å². The third kappa shape index (κ3) is 21.1. The van der Waals surface area contributed by atoms with Crippen LogP contribution in [0.4, 0.5) is 4.39 Å². The molecule has 0 fully saturated rings. The van der Waals surface area contributed by atoms with Crippen LogP contribution in [0.5, 0.6) is 34.5 Å². The Kier molecular flexibility index (Phi) is 26.4. The van der Waals surface area contributed by atoms with E-state index in [0.29, 0.717) is 71.4 Å². The predicted molar refractivity (Wildman–Crippen MR) is 289 cm³/mol. The monoisotopic (exact) mass is 1400 g/mol. The predicted octanol–water partition coefficient (Wildman–Crippen LogP) is 16.4. The van der Waals surface area contributed by atoms with E-state index >= 15 is 0 Å². The van der Waals surface area contributed by atoms with E-state index in [9.17, 15) is 18.8 Å². The summed E-state index contributed by atoms with van der Waals surface area (Å²) in [5.74, 6) is 2.82. The molecule has 10 aromatic carbocycles. The Morgan fingerprint density at radius 3 is 0.737 bits per heavy atom. The van der Waals surface area contributed by atoms with Crippen LogP contribution in [-0.2, 0) is 42.1 Å². The molecule has 0 spiro atoms. The van der Waals surface area contributed by atoms with E-state index in [0.717, 1.165) is 11.5 Å². The van der Waals surface area contributed by atoms with Crippen molar-refractivity contribution in [2.45, 2.75) is 0 Å². The fraction of sp³-hybridized carbons (Fsp3) is 0. The molecular weight excluding hydrogens is 1360 g/mol. The first-order valence-electron chi connectivity index (χ1n) is 22.3. The number of halogens is 4. The van der Waals surface area contributed by atoms with Crippen LogP contribution in [0.15, 0.2) is 243 Å². The normalized spacial score (nSPS) is 9.63. The Balaban J connectivity index is 0.000000217. The van der Waals surface area contributed by atoms with Gasteiger partial charge >= 0.3 is 42.1 Å². The standard InChI is InChI=1S/2C19H12ClO2.C13H8ClFO.2C6H5O.2W/c2*20-16-10-6-14(7-11-16)19(21)15-8-12-18(13-9-15)22-17-4-2-1-3-5-17;14-11-5-1-9(2-6-11)13(16)10-3-7-12(15)8-4-10;2*7-6-4-2-1-3-5-6;;/h2*2-13H;1-8H;2*2-5,7H;;/q2*-1;;2*-1;2*+2. The second-order valence-corrected chi connectivity index (χ2v) is 16.6. The minimum absolute atomic E-state index is 0. The maximum atomic E-state index is 12.7. The molecule has 0 atom stereocenters.